The number of aryl methyl sites for hydroxylation is 1. The van der Waals surface area contributed by atoms with E-state index < -0.39 is 11.7 Å². The Kier molecular flexibility index (Phi) is 6.28. The van der Waals surface area contributed by atoms with Gasteiger partial charge in [0.15, 0.2) is 0 Å². The first kappa shape index (κ1) is 21.2. The number of alkyl halides is 3. The third kappa shape index (κ3) is 4.55. The molecule has 1 N–H and O–H groups in total. The SMILES string of the molecule is CCCCCc1ccc2[nH]c(-c3ccc(C(F)(F)F)cc3)c(C=C(C#N)C#N)c2c1. The molecule has 0 amide bonds. The maximum atomic E-state index is 12.9. The van der Waals surface area contributed by atoms with Gasteiger partial charge in [-0.2, -0.15) is 23.7 Å². The monoisotopic (exact) mass is 407 g/mol. The van der Waals surface area contributed by atoms with E-state index in [0.717, 1.165) is 54.3 Å². The number of nitriles is 2. The molecule has 0 unspecified atom stereocenters. The van der Waals surface area contributed by atoms with Crippen molar-refractivity contribution in [3.63, 3.8) is 0 Å². The second kappa shape index (κ2) is 8.88. The normalized spacial score (nSPS) is 11.1. The summed E-state index contributed by atoms with van der Waals surface area (Å²) < 4.78 is 38.7. The number of aromatic nitrogens is 1. The average molecular weight is 407 g/mol. The van der Waals surface area contributed by atoms with Crippen molar-refractivity contribution in [2.75, 3.05) is 0 Å². The molecule has 1 heterocycles. The Labute approximate surface area is 173 Å². The minimum absolute atomic E-state index is 0.0690. The molecular weight excluding hydrogens is 387 g/mol. The lowest BCUT2D eigenvalue weighted by molar-refractivity contribution is -0.137. The molecule has 0 bridgehead atoms. The summed E-state index contributed by atoms with van der Waals surface area (Å²) >= 11 is 0. The van der Waals surface area contributed by atoms with Crippen molar-refractivity contribution in [1.29, 1.82) is 10.5 Å². The van der Waals surface area contributed by atoms with Crippen molar-refractivity contribution >= 4 is 17.0 Å². The summed E-state index contributed by atoms with van der Waals surface area (Å²) in [6, 6.07) is 14.5. The molecule has 3 rings (SSSR count). The number of nitrogens with zero attached hydrogens (tertiary/aromatic N) is 2. The molecule has 152 valence electrons. The van der Waals surface area contributed by atoms with Gasteiger partial charge in [-0.15, -0.1) is 0 Å². The molecule has 2 aromatic carbocycles. The van der Waals surface area contributed by atoms with Crippen molar-refractivity contribution in [3.05, 3.63) is 64.7 Å². The molecular formula is C24H20F3N3. The summed E-state index contributed by atoms with van der Waals surface area (Å²) in [6.07, 6.45) is 1.29. The van der Waals surface area contributed by atoms with E-state index in [9.17, 15) is 23.7 Å². The number of nitrogens with one attached hydrogen (secondary N) is 1. The van der Waals surface area contributed by atoms with Gasteiger partial charge in [0.25, 0.3) is 0 Å². The van der Waals surface area contributed by atoms with E-state index in [1.165, 1.54) is 18.2 Å². The van der Waals surface area contributed by atoms with E-state index in [2.05, 4.69) is 11.9 Å². The Bertz CT molecular complexity index is 1140. The first-order valence-corrected chi connectivity index (χ1v) is 9.71. The van der Waals surface area contributed by atoms with Crippen LogP contribution in [0.1, 0.15) is 42.9 Å². The third-order valence-corrected chi connectivity index (χ3v) is 5.00. The molecule has 0 aliphatic rings. The zero-order chi connectivity index (χ0) is 21.7. The van der Waals surface area contributed by atoms with Crippen LogP contribution < -0.4 is 0 Å². The van der Waals surface area contributed by atoms with Crippen molar-refractivity contribution in [1.82, 2.24) is 4.98 Å². The van der Waals surface area contributed by atoms with Gasteiger partial charge in [0.1, 0.15) is 17.7 Å². The molecule has 0 aliphatic carbocycles. The van der Waals surface area contributed by atoms with Crippen LogP contribution in [-0.4, -0.2) is 4.98 Å². The Balaban J connectivity index is 2.14. The molecule has 3 nitrogen and oxygen atoms in total. The van der Waals surface area contributed by atoms with E-state index in [-0.39, 0.29) is 5.57 Å². The van der Waals surface area contributed by atoms with Crippen LogP contribution in [0.25, 0.3) is 28.2 Å². The molecule has 3 aromatic rings. The Morgan fingerprint density at radius 1 is 1.03 bits per heavy atom. The van der Waals surface area contributed by atoms with E-state index in [1.54, 1.807) is 0 Å². The van der Waals surface area contributed by atoms with Gasteiger partial charge in [-0.1, -0.05) is 38.0 Å². The van der Waals surface area contributed by atoms with Crippen LogP contribution >= 0.6 is 0 Å². The van der Waals surface area contributed by atoms with Gasteiger partial charge in [-0.05, 0) is 54.3 Å². The first-order valence-electron chi connectivity index (χ1n) is 9.71. The molecule has 30 heavy (non-hydrogen) atoms. The number of hydrogen-bond acceptors (Lipinski definition) is 2. The van der Waals surface area contributed by atoms with E-state index in [1.807, 2.05) is 30.3 Å². The summed E-state index contributed by atoms with van der Waals surface area (Å²) in [5, 5.41) is 19.2. The number of fused-ring (bicyclic) bond motifs is 1. The second-order valence-corrected chi connectivity index (χ2v) is 7.11. The molecule has 6 heteroatoms. The van der Waals surface area contributed by atoms with E-state index in [4.69, 9.17) is 0 Å². The number of hydrogen-bond donors (Lipinski definition) is 1. The minimum atomic E-state index is -4.41. The third-order valence-electron chi connectivity index (χ3n) is 5.00. The molecule has 0 atom stereocenters. The highest BCUT2D eigenvalue weighted by atomic mass is 19.4. The standard InChI is InChI=1S/C24H20F3N3/c1-2-3-4-5-16-6-11-22-20(12-16)21(13-17(14-28)15-29)23(30-22)18-7-9-19(10-8-18)24(25,26)27/h6-13,30H,2-5H2,1H3. The lowest BCUT2D eigenvalue weighted by Gasteiger charge is -2.07. The van der Waals surface area contributed by atoms with Gasteiger partial charge >= 0.3 is 6.18 Å². The predicted octanol–water partition coefficient (Wildman–Crippen LogP) is 7.02. The fourth-order valence-electron chi connectivity index (χ4n) is 3.43. The van der Waals surface area contributed by atoms with Crippen molar-refractivity contribution in [2.24, 2.45) is 0 Å². The first-order chi connectivity index (χ1) is 14.4. The van der Waals surface area contributed by atoms with Crippen LogP contribution in [0, 0.1) is 22.7 Å². The Morgan fingerprint density at radius 3 is 2.33 bits per heavy atom. The lowest BCUT2D eigenvalue weighted by Crippen LogP contribution is -2.04. The van der Waals surface area contributed by atoms with Gasteiger partial charge in [0.05, 0.1) is 11.3 Å². The largest absolute Gasteiger partial charge is 0.416 e. The van der Waals surface area contributed by atoms with Crippen LogP contribution in [0.3, 0.4) is 0 Å². The van der Waals surface area contributed by atoms with Crippen LogP contribution in [-0.2, 0) is 12.6 Å². The van der Waals surface area contributed by atoms with Gasteiger partial charge in [-0.3, -0.25) is 0 Å². The summed E-state index contributed by atoms with van der Waals surface area (Å²) in [7, 11) is 0. The maximum Gasteiger partial charge on any atom is 0.416 e. The molecule has 0 aliphatic heterocycles. The van der Waals surface area contributed by atoms with Crippen molar-refractivity contribution in [2.45, 2.75) is 38.8 Å². The average Bonchev–Trinajstić information content (AvgIpc) is 3.09. The number of unbranched alkanes of at least 4 members (excludes halogenated alkanes) is 2. The number of rotatable bonds is 6. The molecule has 0 radical (unpaired) electrons. The van der Waals surface area contributed by atoms with E-state index >= 15 is 0 Å². The predicted molar refractivity (Wildman–Crippen MR) is 111 cm³/mol. The second-order valence-electron chi connectivity index (χ2n) is 7.11. The summed E-state index contributed by atoms with van der Waals surface area (Å²) in [5.41, 5.74) is 2.89. The Hall–Kier alpha value is -3.51. The number of aromatic amines is 1. The number of H-pyrrole nitrogens is 1. The minimum Gasteiger partial charge on any atom is -0.354 e. The number of benzene rings is 2. The number of allylic oxidation sites excluding steroid dienone is 1. The van der Waals surface area contributed by atoms with Crippen molar-refractivity contribution < 1.29 is 13.2 Å². The van der Waals surface area contributed by atoms with Gasteiger partial charge in [-0.25, -0.2) is 0 Å². The van der Waals surface area contributed by atoms with Gasteiger partial charge in [0.2, 0.25) is 0 Å². The molecule has 0 saturated carbocycles. The fourth-order valence-corrected chi connectivity index (χ4v) is 3.43. The summed E-state index contributed by atoms with van der Waals surface area (Å²) in [6.45, 7) is 2.14. The van der Waals surface area contributed by atoms with Crippen LogP contribution in [0.2, 0.25) is 0 Å². The topological polar surface area (TPSA) is 63.4 Å². The van der Waals surface area contributed by atoms with Gasteiger partial charge < -0.3 is 4.98 Å². The zero-order valence-electron chi connectivity index (χ0n) is 16.5. The maximum absolute atomic E-state index is 12.9. The Morgan fingerprint density at radius 2 is 1.73 bits per heavy atom. The zero-order valence-corrected chi connectivity index (χ0v) is 16.5. The van der Waals surface area contributed by atoms with Gasteiger partial charge in [0, 0.05) is 16.5 Å². The number of halogens is 3. The molecule has 1 aromatic heterocycles. The molecule has 0 saturated heterocycles. The van der Waals surface area contributed by atoms with Crippen molar-refractivity contribution in [3.8, 4) is 23.4 Å². The van der Waals surface area contributed by atoms with E-state index in [0.29, 0.717) is 16.8 Å². The van der Waals surface area contributed by atoms with Crippen LogP contribution in [0.5, 0.6) is 0 Å². The smallest absolute Gasteiger partial charge is 0.354 e. The summed E-state index contributed by atoms with van der Waals surface area (Å²) in [4.78, 5) is 3.24. The molecule has 0 spiro atoms. The lowest BCUT2D eigenvalue weighted by atomic mass is 9.99. The fraction of sp³-hybridized carbons (Fsp3) is 0.250. The highest BCUT2D eigenvalue weighted by Crippen LogP contribution is 2.35. The quantitative estimate of drug-likeness (QED) is 0.353. The van der Waals surface area contributed by atoms with Crippen LogP contribution in [0.15, 0.2) is 48.0 Å². The highest BCUT2D eigenvalue weighted by molar-refractivity contribution is 5.98. The highest BCUT2D eigenvalue weighted by Gasteiger charge is 2.30. The summed E-state index contributed by atoms with van der Waals surface area (Å²) in [5.74, 6) is 0. The molecule has 0 fully saturated rings. The van der Waals surface area contributed by atoms with Crippen LogP contribution in [0.4, 0.5) is 13.2 Å².